The molecule has 0 heterocycles. The summed E-state index contributed by atoms with van der Waals surface area (Å²) in [6, 6.07) is 14.6. The number of sulfone groups is 2. The molecule has 348 valence electrons. The minimum Gasteiger partial charge on any atom is -0.744 e. The number of amides is 1. The normalized spacial score (nSPS) is 12.4. The van der Waals surface area contributed by atoms with Crippen molar-refractivity contribution in [3.8, 4) is 5.75 Å². The van der Waals surface area contributed by atoms with Gasteiger partial charge < -0.3 is 34.4 Å². The molecule has 0 aromatic heterocycles. The maximum absolute atomic E-state index is 12.9. The predicted octanol–water partition coefficient (Wildman–Crippen LogP) is -9.46. The van der Waals surface area contributed by atoms with Crippen molar-refractivity contribution in [1.29, 1.82) is 0 Å². The van der Waals surface area contributed by atoms with Crippen LogP contribution in [-0.4, -0.2) is 104 Å². The molecule has 0 unspecified atom stereocenters. The Morgan fingerprint density at radius 2 is 0.942 bits per heavy atom. The number of nitrogen functional groups attached to an aromatic ring is 1. The Labute approximate surface area is 482 Å². The number of aromatic hydroxyl groups is 1. The zero-order valence-corrected chi connectivity index (χ0v) is 48.8. The van der Waals surface area contributed by atoms with Crippen LogP contribution in [0.4, 0.5) is 34.1 Å². The molecule has 0 aliphatic carbocycles. The van der Waals surface area contributed by atoms with E-state index in [1.165, 1.54) is 36.4 Å². The number of fused-ring (bicyclic) bond motifs is 1. The summed E-state index contributed by atoms with van der Waals surface area (Å²) in [5, 5.41) is 27.5. The molecule has 0 aliphatic rings. The van der Waals surface area contributed by atoms with E-state index < -0.39 is 140 Å². The topological polar surface area (TPSA) is 440 Å². The summed E-state index contributed by atoms with van der Waals surface area (Å²) in [5.74, 6) is -3.64. The van der Waals surface area contributed by atoms with Gasteiger partial charge in [-0.2, -0.15) is 10.2 Å². The molecule has 5 aromatic carbocycles. The van der Waals surface area contributed by atoms with E-state index in [2.05, 4.69) is 34.1 Å². The first-order valence-electron chi connectivity index (χ1n) is 17.1. The van der Waals surface area contributed by atoms with Crippen LogP contribution in [-0.2, 0) is 69.1 Å². The van der Waals surface area contributed by atoms with Gasteiger partial charge >= 0.3 is 118 Å². The van der Waals surface area contributed by atoms with Gasteiger partial charge in [0, 0.05) is 11.3 Å². The number of phenols is 1. The van der Waals surface area contributed by atoms with Crippen molar-refractivity contribution in [2.24, 2.45) is 20.5 Å². The van der Waals surface area contributed by atoms with Crippen molar-refractivity contribution in [3.05, 3.63) is 90.5 Å². The number of azo groups is 2. The predicted molar refractivity (Wildman–Crippen MR) is 217 cm³/mol. The maximum Gasteiger partial charge on any atom is 1.00 e. The van der Waals surface area contributed by atoms with E-state index >= 15 is 0 Å². The van der Waals surface area contributed by atoms with Crippen LogP contribution < -0.4 is 129 Å². The second-order valence-corrected chi connectivity index (χ2v) is 21.8. The summed E-state index contributed by atoms with van der Waals surface area (Å²) in [5.41, 5.74) is 3.33. The number of benzene rings is 5. The molecule has 0 aliphatic heterocycles. The molecule has 4 N–H and O–H groups in total. The minimum atomic E-state index is -5.56. The zero-order valence-electron chi connectivity index (χ0n) is 35.9. The Morgan fingerprint density at radius 1 is 0.565 bits per heavy atom. The number of nitrogens with zero attached hydrogens (tertiary/aromatic N) is 4. The third-order valence-corrected chi connectivity index (χ3v) is 14.3. The zero-order chi connectivity index (χ0) is 48.3. The molecular weight excluding hydrogens is 1080 g/mol. The molecule has 0 fully saturated rings. The average Bonchev–Trinajstić information content (AvgIpc) is 3.18. The van der Waals surface area contributed by atoms with E-state index in [-0.39, 0.29) is 146 Å². The number of carbonyl (C=O) groups excluding carboxylic acids is 1. The molecule has 36 heteroatoms. The van der Waals surface area contributed by atoms with Gasteiger partial charge in [0.25, 0.3) is 5.91 Å². The average molecular weight is 1110 g/mol. The molecule has 1 amide bonds. The molecular formula is C33H26N6Na4O20S6. The van der Waals surface area contributed by atoms with Gasteiger partial charge in [0.05, 0.1) is 66.7 Å². The first kappa shape index (κ1) is 65.1. The Bertz CT molecular complexity index is 3460. The Balaban J connectivity index is 0.00000595. The second-order valence-electron chi connectivity index (χ2n) is 12.7. The van der Waals surface area contributed by atoms with Crippen LogP contribution in [0.3, 0.4) is 0 Å². The van der Waals surface area contributed by atoms with Crippen LogP contribution >= 0.6 is 0 Å². The fraction of sp³-hybridized carbons (Fsp3) is 0.121. The van der Waals surface area contributed by atoms with Crippen molar-refractivity contribution in [1.82, 2.24) is 0 Å². The maximum atomic E-state index is 12.9. The summed E-state index contributed by atoms with van der Waals surface area (Å²) in [7, 11) is -29.6. The standard InChI is InChI=1S/C33H30N6O20S6.4Na/c34-29-28-20(18-27(63(49,50)51)31(32(28)40)39-37-23-7-11-25(12-8-23)61(44,45)16-14-59-65(55,56)57)17-26(62(46,47)48)30(29)38-36-22-3-1-19(2-4-22)33(41)35-21-5-9-24(10-6-21)60(42,43)15-13-58-64(52,53)54;;;;/h1-12,17-18,40H,13-16,34H2,(H,35,41)(H,46,47,48)(H,49,50,51)(H,52,53,54)(H,55,56,57);;;;/q;4*+1/p-4. The number of carbonyl (C=O) groups is 1. The summed E-state index contributed by atoms with van der Waals surface area (Å²) in [6.07, 6.45) is 0. The summed E-state index contributed by atoms with van der Waals surface area (Å²) >= 11 is 0. The Morgan fingerprint density at radius 3 is 1.35 bits per heavy atom. The summed E-state index contributed by atoms with van der Waals surface area (Å²) in [6.45, 7) is -1.90. The van der Waals surface area contributed by atoms with Crippen LogP contribution in [0.5, 0.6) is 5.75 Å². The molecule has 69 heavy (non-hydrogen) atoms. The van der Waals surface area contributed by atoms with Gasteiger partial charge in [-0.3, -0.25) is 13.2 Å². The van der Waals surface area contributed by atoms with Crippen LogP contribution in [0, 0.1) is 0 Å². The van der Waals surface area contributed by atoms with E-state index in [0.29, 0.717) is 12.1 Å². The van der Waals surface area contributed by atoms with Crippen molar-refractivity contribution < 1.29 is 205 Å². The van der Waals surface area contributed by atoms with Crippen molar-refractivity contribution >= 4 is 112 Å². The van der Waals surface area contributed by atoms with Gasteiger partial charge in [0.1, 0.15) is 31.6 Å². The van der Waals surface area contributed by atoms with Crippen LogP contribution in [0.1, 0.15) is 10.4 Å². The van der Waals surface area contributed by atoms with Gasteiger partial charge in [-0.15, -0.1) is 10.2 Å². The van der Waals surface area contributed by atoms with Gasteiger partial charge in [0.15, 0.2) is 25.4 Å². The quantitative estimate of drug-likeness (QED) is 0.0241. The van der Waals surface area contributed by atoms with E-state index in [1.54, 1.807) is 0 Å². The van der Waals surface area contributed by atoms with Crippen LogP contribution in [0.2, 0.25) is 0 Å². The number of phenolic OH excluding ortho intramolecular Hbond substituents is 1. The number of nitrogens with two attached hydrogens (primary N) is 1. The number of anilines is 2. The Kier molecular flexibility index (Phi) is 24.4. The molecule has 26 nitrogen and oxygen atoms in total. The second kappa shape index (κ2) is 25.8. The molecule has 0 spiro atoms. The fourth-order valence-corrected chi connectivity index (χ4v) is 9.65. The van der Waals surface area contributed by atoms with E-state index in [4.69, 9.17) is 5.73 Å². The molecule has 0 saturated heterocycles. The third kappa shape index (κ3) is 18.2. The monoisotopic (exact) mass is 1110 g/mol. The Hall–Kier alpha value is -1.91. The fourth-order valence-electron chi connectivity index (χ4n) is 5.38. The molecule has 0 bridgehead atoms. The molecule has 0 radical (unpaired) electrons. The third-order valence-electron chi connectivity index (χ3n) is 8.34. The summed E-state index contributed by atoms with van der Waals surface area (Å²) < 4.78 is 195. The number of hydrogen-bond donors (Lipinski definition) is 3. The molecule has 5 rings (SSSR count). The van der Waals surface area contributed by atoms with Crippen LogP contribution in [0.15, 0.2) is 125 Å². The van der Waals surface area contributed by atoms with Crippen molar-refractivity contribution in [2.45, 2.75) is 19.6 Å². The first-order chi connectivity index (χ1) is 29.9. The van der Waals surface area contributed by atoms with Gasteiger partial charge in [-0.1, -0.05) is 0 Å². The smallest absolute Gasteiger partial charge is 0.744 e. The number of hydrogen-bond acceptors (Lipinski definition) is 25. The van der Waals surface area contributed by atoms with E-state index in [1.807, 2.05) is 0 Å². The van der Waals surface area contributed by atoms with E-state index in [9.17, 15) is 78.6 Å². The number of rotatable bonds is 18. The molecule has 0 saturated carbocycles. The first-order valence-corrected chi connectivity index (χ1v) is 25.9. The minimum absolute atomic E-state index is 0. The summed E-state index contributed by atoms with van der Waals surface area (Å²) in [4.78, 5) is 9.76. The van der Waals surface area contributed by atoms with E-state index in [0.717, 1.165) is 36.4 Å². The van der Waals surface area contributed by atoms with Gasteiger partial charge in [-0.05, 0) is 90.3 Å². The van der Waals surface area contributed by atoms with Gasteiger partial charge in [-0.25, -0.2) is 50.5 Å². The van der Waals surface area contributed by atoms with Crippen molar-refractivity contribution in [3.63, 3.8) is 0 Å². The number of nitrogens with one attached hydrogen (secondary N) is 1. The SMILES string of the molecule is Nc1c(N=Nc2ccc(C(=O)Nc3ccc(S(=O)(=O)CCOS(=O)(=O)[O-])cc3)cc2)c(S(=O)(=O)[O-])cc2cc(S(=O)(=O)[O-])c(N=Nc3ccc(S(=O)(=O)CCOS(=O)(=O)[O-])cc3)c(O)c12.[Na+].[Na+].[Na+].[Na+]. The molecule has 0 atom stereocenters. The largest absolute Gasteiger partial charge is 1.00 e. The van der Waals surface area contributed by atoms with Crippen LogP contribution in [0.25, 0.3) is 10.8 Å². The molecule has 5 aromatic rings. The van der Waals surface area contributed by atoms with Crippen molar-refractivity contribution in [2.75, 3.05) is 35.8 Å². The van der Waals surface area contributed by atoms with Gasteiger partial charge in [0.2, 0.25) is 20.8 Å².